The zero-order valence-electron chi connectivity index (χ0n) is 43.5. The van der Waals surface area contributed by atoms with E-state index in [4.69, 9.17) is 9.05 Å². The van der Waals surface area contributed by atoms with Gasteiger partial charge in [-0.05, 0) is 109 Å². The second kappa shape index (κ2) is 48.4. The fraction of sp³-hybridized carbons (Fsp3) is 0.576. The van der Waals surface area contributed by atoms with E-state index in [-0.39, 0.29) is 19.1 Å². The van der Waals surface area contributed by atoms with Gasteiger partial charge in [-0.15, -0.1) is 0 Å². The number of phosphoric acid groups is 1. The van der Waals surface area contributed by atoms with Crippen molar-refractivity contribution in [2.24, 2.45) is 0 Å². The Morgan fingerprint density at radius 3 is 1.34 bits per heavy atom. The van der Waals surface area contributed by atoms with Gasteiger partial charge in [0.15, 0.2) is 0 Å². The molecule has 0 radical (unpaired) electrons. The highest BCUT2D eigenvalue weighted by atomic mass is 31.2. The number of aliphatic hydroxyl groups excluding tert-OH is 1. The summed E-state index contributed by atoms with van der Waals surface area (Å²) in [7, 11) is 1.51. The third kappa shape index (κ3) is 50.3. The maximum absolute atomic E-state index is 12.9. The highest BCUT2D eigenvalue weighted by Gasteiger charge is 2.27. The van der Waals surface area contributed by atoms with Crippen LogP contribution in [0.4, 0.5) is 0 Å². The van der Waals surface area contributed by atoms with Crippen molar-refractivity contribution >= 4 is 13.7 Å². The van der Waals surface area contributed by atoms with E-state index >= 15 is 0 Å². The molecule has 0 fully saturated rings. The number of amides is 1. The van der Waals surface area contributed by atoms with Gasteiger partial charge in [0.1, 0.15) is 13.2 Å². The molecule has 384 valence electrons. The molecule has 8 nitrogen and oxygen atoms in total. The molecule has 1 amide bonds. The first-order chi connectivity index (χ1) is 33.0. The summed E-state index contributed by atoms with van der Waals surface area (Å²) in [5.41, 5.74) is 0. The standard InChI is InChI=1S/C59H97N2O6P/c1-6-8-10-12-14-16-18-19-20-21-22-23-24-25-26-27-28-29-30-31-32-33-34-35-36-37-38-39-40-41-43-45-47-49-51-53-59(63)60-57(56-67-68(64,65)66-55-54-61(3,4)5)58(62)52-50-48-46-44-42-17-15-13-11-9-7-2/h8,10,14,16,19-20,22-23,25-26,28-29,31-32,34-35,37-38,40-42,44,50,52,57-58,62H,6-7,9,11-13,15,17-18,21,24,27,30,33,36,39,43,45-49,51,53-56H2,1-5H3,(H-,60,63,64,65)/p+1/b10-8-,16-14-,20-19-,23-22-,26-25-,29-28-,32-31-,35-34-,38-37-,41-40-,44-42+,52-50+. The second-order valence-electron chi connectivity index (χ2n) is 18.2. The summed E-state index contributed by atoms with van der Waals surface area (Å²) in [6.07, 6.45) is 75.2. The number of unbranched alkanes of at least 4 members (excludes halogenated alkanes) is 10. The molecule has 0 heterocycles. The minimum Gasteiger partial charge on any atom is -0.387 e. The number of carbonyl (C=O) groups is 1. The summed E-state index contributed by atoms with van der Waals surface area (Å²) in [5, 5.41) is 13.8. The van der Waals surface area contributed by atoms with E-state index < -0.39 is 20.0 Å². The number of nitrogens with zero attached hydrogens (tertiary/aromatic N) is 1. The van der Waals surface area contributed by atoms with Crippen molar-refractivity contribution in [1.29, 1.82) is 0 Å². The topological polar surface area (TPSA) is 105 Å². The minimum absolute atomic E-state index is 0.0421. The third-order valence-corrected chi connectivity index (χ3v) is 11.5. The normalized spacial score (nSPS) is 15.2. The molecule has 0 aromatic heterocycles. The summed E-state index contributed by atoms with van der Waals surface area (Å²) in [4.78, 5) is 23.1. The number of allylic oxidation sites excluding steroid dienone is 23. The summed E-state index contributed by atoms with van der Waals surface area (Å²) in [5.74, 6) is -0.221. The number of nitrogens with one attached hydrogen (secondary N) is 1. The van der Waals surface area contributed by atoms with E-state index in [1.165, 1.54) is 32.1 Å². The predicted octanol–water partition coefficient (Wildman–Crippen LogP) is 15.7. The molecular weight excluding hydrogens is 864 g/mol. The second-order valence-corrected chi connectivity index (χ2v) is 19.6. The molecule has 3 unspecified atom stereocenters. The number of phosphoric ester groups is 1. The first kappa shape index (κ1) is 64.4. The third-order valence-electron chi connectivity index (χ3n) is 10.5. The molecule has 68 heavy (non-hydrogen) atoms. The van der Waals surface area contributed by atoms with Crippen LogP contribution in [-0.4, -0.2) is 73.4 Å². The SMILES string of the molecule is CC/C=C\C/C=C\C/C=C\C/C=C\C/C=C\C/C=C\C/C=C\C/C=C\C/C=C\C/C=C\CCCCCCC(=O)NC(COP(=O)(O)OCC[N+](C)(C)C)C(O)/C=C/CC/C=C/CCCCCCC. The van der Waals surface area contributed by atoms with Crippen molar-refractivity contribution in [3.05, 3.63) is 146 Å². The first-order valence-electron chi connectivity index (χ1n) is 26.2. The van der Waals surface area contributed by atoms with Crippen LogP contribution in [0.15, 0.2) is 146 Å². The van der Waals surface area contributed by atoms with Crippen molar-refractivity contribution in [3.63, 3.8) is 0 Å². The van der Waals surface area contributed by atoms with E-state index in [0.717, 1.165) is 116 Å². The van der Waals surface area contributed by atoms with Crippen LogP contribution < -0.4 is 5.32 Å². The van der Waals surface area contributed by atoms with Crippen LogP contribution in [-0.2, 0) is 18.4 Å². The summed E-state index contributed by atoms with van der Waals surface area (Å²) in [6, 6.07) is -0.887. The van der Waals surface area contributed by atoms with Gasteiger partial charge in [-0.3, -0.25) is 13.8 Å². The Labute approximate surface area is 417 Å². The lowest BCUT2D eigenvalue weighted by molar-refractivity contribution is -0.870. The molecule has 0 rings (SSSR count). The summed E-state index contributed by atoms with van der Waals surface area (Å²) >= 11 is 0. The number of likely N-dealkylation sites (N-methyl/N-ethyl adjacent to an activating group) is 1. The van der Waals surface area contributed by atoms with E-state index in [1.807, 2.05) is 27.2 Å². The maximum atomic E-state index is 12.9. The average molecular weight is 962 g/mol. The number of rotatable bonds is 45. The monoisotopic (exact) mass is 962 g/mol. The quantitative estimate of drug-likeness (QED) is 0.0243. The Morgan fingerprint density at radius 2 is 0.897 bits per heavy atom. The van der Waals surface area contributed by atoms with Gasteiger partial charge in [-0.25, -0.2) is 4.57 Å². The van der Waals surface area contributed by atoms with Gasteiger partial charge in [0.2, 0.25) is 5.91 Å². The van der Waals surface area contributed by atoms with Gasteiger partial charge in [-0.2, -0.15) is 0 Å². The van der Waals surface area contributed by atoms with E-state index in [0.29, 0.717) is 17.4 Å². The van der Waals surface area contributed by atoms with Crippen LogP contribution in [0.5, 0.6) is 0 Å². The fourth-order valence-electron chi connectivity index (χ4n) is 6.44. The first-order valence-corrected chi connectivity index (χ1v) is 27.7. The highest BCUT2D eigenvalue weighted by molar-refractivity contribution is 7.47. The number of hydrogen-bond acceptors (Lipinski definition) is 5. The molecule has 0 aromatic rings. The number of quaternary nitrogens is 1. The van der Waals surface area contributed by atoms with Crippen molar-refractivity contribution < 1.29 is 32.9 Å². The number of carbonyl (C=O) groups excluding carboxylic acids is 1. The van der Waals surface area contributed by atoms with Gasteiger partial charge in [0.25, 0.3) is 0 Å². The van der Waals surface area contributed by atoms with Crippen molar-refractivity contribution in [3.8, 4) is 0 Å². The smallest absolute Gasteiger partial charge is 0.387 e. The molecule has 3 N–H and O–H groups in total. The Morgan fingerprint density at radius 1 is 0.515 bits per heavy atom. The molecule has 0 aliphatic rings. The lowest BCUT2D eigenvalue weighted by atomic mass is 10.1. The molecular formula is C59H98N2O6P+. The van der Waals surface area contributed by atoms with Crippen LogP contribution in [0.25, 0.3) is 0 Å². The van der Waals surface area contributed by atoms with Crippen molar-refractivity contribution in [2.45, 2.75) is 180 Å². The zero-order chi connectivity index (χ0) is 49.9. The zero-order valence-corrected chi connectivity index (χ0v) is 44.4. The Balaban J connectivity index is 4.27. The maximum Gasteiger partial charge on any atom is 0.472 e. The van der Waals surface area contributed by atoms with E-state index in [1.54, 1.807) is 6.08 Å². The lowest BCUT2D eigenvalue weighted by Gasteiger charge is -2.25. The van der Waals surface area contributed by atoms with Gasteiger partial charge in [0, 0.05) is 6.42 Å². The van der Waals surface area contributed by atoms with Gasteiger partial charge in [-0.1, -0.05) is 198 Å². The number of aliphatic hydroxyl groups is 1. The molecule has 0 spiro atoms. The lowest BCUT2D eigenvalue weighted by Crippen LogP contribution is -2.45. The van der Waals surface area contributed by atoms with Gasteiger partial charge < -0.3 is 19.8 Å². The predicted molar refractivity (Wildman–Crippen MR) is 294 cm³/mol. The average Bonchev–Trinajstić information content (AvgIpc) is 3.30. The van der Waals surface area contributed by atoms with Crippen LogP contribution in [0.3, 0.4) is 0 Å². The molecule has 0 saturated carbocycles. The van der Waals surface area contributed by atoms with Crippen LogP contribution >= 0.6 is 7.82 Å². The van der Waals surface area contributed by atoms with E-state index in [2.05, 4.69) is 153 Å². The van der Waals surface area contributed by atoms with Gasteiger partial charge >= 0.3 is 7.82 Å². The van der Waals surface area contributed by atoms with Crippen LogP contribution in [0.1, 0.15) is 168 Å². The molecule has 0 saturated heterocycles. The Bertz CT molecular complexity index is 1610. The molecule has 3 atom stereocenters. The summed E-state index contributed by atoms with van der Waals surface area (Å²) in [6.45, 7) is 4.59. The summed E-state index contributed by atoms with van der Waals surface area (Å²) < 4.78 is 23.5. The number of hydrogen-bond donors (Lipinski definition) is 3. The minimum atomic E-state index is -4.36. The van der Waals surface area contributed by atoms with Gasteiger partial charge in [0.05, 0.1) is 39.9 Å². The largest absolute Gasteiger partial charge is 0.472 e. The molecule has 0 aromatic carbocycles. The molecule has 9 heteroatoms. The van der Waals surface area contributed by atoms with E-state index in [9.17, 15) is 19.4 Å². The molecule has 0 aliphatic heterocycles. The highest BCUT2D eigenvalue weighted by Crippen LogP contribution is 2.43. The fourth-order valence-corrected chi connectivity index (χ4v) is 7.17. The Hall–Kier alpha value is -3.62. The van der Waals surface area contributed by atoms with Crippen molar-refractivity contribution in [1.82, 2.24) is 5.32 Å². The van der Waals surface area contributed by atoms with Crippen molar-refractivity contribution in [2.75, 3.05) is 40.9 Å². The molecule has 0 bridgehead atoms. The van der Waals surface area contributed by atoms with Crippen LogP contribution in [0.2, 0.25) is 0 Å². The Kier molecular flexibility index (Phi) is 45.8. The van der Waals surface area contributed by atoms with Crippen LogP contribution in [0, 0.1) is 0 Å². The molecule has 0 aliphatic carbocycles.